The van der Waals surface area contributed by atoms with Gasteiger partial charge in [0.15, 0.2) is 11.5 Å². The molecule has 0 unspecified atom stereocenters. The van der Waals surface area contributed by atoms with E-state index in [-0.39, 0.29) is 5.57 Å². The van der Waals surface area contributed by atoms with Crippen LogP contribution >= 0.6 is 22.6 Å². The molecule has 6 heteroatoms. The van der Waals surface area contributed by atoms with Crippen LogP contribution in [0.5, 0.6) is 11.5 Å². The lowest BCUT2D eigenvalue weighted by Gasteiger charge is -2.14. The summed E-state index contributed by atoms with van der Waals surface area (Å²) in [5.41, 5.74) is 3.33. The summed E-state index contributed by atoms with van der Waals surface area (Å²) in [6, 6.07) is 11.4. The van der Waals surface area contributed by atoms with Gasteiger partial charge in [0.25, 0.3) is 5.91 Å². The highest BCUT2D eigenvalue weighted by Gasteiger charge is 2.15. The van der Waals surface area contributed by atoms with Crippen molar-refractivity contribution in [2.45, 2.75) is 20.8 Å². The quantitative estimate of drug-likeness (QED) is 0.227. The Morgan fingerprint density at radius 2 is 2.03 bits per heavy atom. The first-order valence-electron chi connectivity index (χ1n) is 9.10. The Kier molecular flexibility index (Phi) is 8.28. The average Bonchev–Trinajstić information content (AvgIpc) is 2.68. The third-order valence-corrected chi connectivity index (χ3v) is 4.80. The maximum atomic E-state index is 12.6. The third kappa shape index (κ3) is 6.09. The smallest absolute Gasteiger partial charge is 0.266 e. The Labute approximate surface area is 185 Å². The largest absolute Gasteiger partial charge is 0.490 e. The first-order chi connectivity index (χ1) is 13.9. The Morgan fingerprint density at radius 1 is 1.28 bits per heavy atom. The van der Waals surface area contributed by atoms with Crippen molar-refractivity contribution in [1.82, 2.24) is 0 Å². The monoisotopic (exact) mass is 502 g/mol. The molecule has 0 fully saturated rings. The normalized spacial score (nSPS) is 10.8. The molecular formula is C23H23IN2O3. The van der Waals surface area contributed by atoms with E-state index in [1.165, 1.54) is 0 Å². The van der Waals surface area contributed by atoms with Crippen molar-refractivity contribution in [2.24, 2.45) is 0 Å². The first-order valence-corrected chi connectivity index (χ1v) is 10.2. The Balaban J connectivity index is 2.36. The van der Waals surface area contributed by atoms with Gasteiger partial charge in [-0.25, -0.2) is 0 Å². The van der Waals surface area contributed by atoms with Gasteiger partial charge < -0.3 is 14.8 Å². The predicted molar refractivity (Wildman–Crippen MR) is 124 cm³/mol. The number of rotatable bonds is 8. The van der Waals surface area contributed by atoms with Crippen LogP contribution in [-0.2, 0) is 4.79 Å². The molecule has 0 aliphatic rings. The van der Waals surface area contributed by atoms with Crippen molar-refractivity contribution in [1.29, 1.82) is 5.26 Å². The zero-order valence-corrected chi connectivity index (χ0v) is 18.9. The zero-order chi connectivity index (χ0) is 21.4. The fraction of sp³-hybridized carbons (Fsp3) is 0.217. The molecule has 0 bridgehead atoms. The van der Waals surface area contributed by atoms with Gasteiger partial charge in [0.2, 0.25) is 0 Å². The molecule has 0 heterocycles. The van der Waals surface area contributed by atoms with Gasteiger partial charge in [-0.05, 0) is 84.3 Å². The van der Waals surface area contributed by atoms with Gasteiger partial charge >= 0.3 is 0 Å². The highest BCUT2D eigenvalue weighted by atomic mass is 127. The number of hydrogen-bond donors (Lipinski definition) is 1. The maximum absolute atomic E-state index is 12.6. The van der Waals surface area contributed by atoms with Crippen molar-refractivity contribution in [2.75, 3.05) is 18.5 Å². The van der Waals surface area contributed by atoms with Crippen LogP contribution in [-0.4, -0.2) is 19.1 Å². The molecule has 2 rings (SSSR count). The first kappa shape index (κ1) is 22.5. The molecule has 29 heavy (non-hydrogen) atoms. The second kappa shape index (κ2) is 10.7. The molecule has 0 saturated carbocycles. The van der Waals surface area contributed by atoms with E-state index in [0.717, 1.165) is 14.7 Å². The molecule has 2 aromatic carbocycles. The lowest BCUT2D eigenvalue weighted by atomic mass is 10.1. The number of amides is 1. The number of nitrogens with one attached hydrogen (secondary N) is 1. The Hall–Kier alpha value is -2.79. The summed E-state index contributed by atoms with van der Waals surface area (Å²) in [6.45, 7) is 10.2. The van der Waals surface area contributed by atoms with Crippen LogP contribution in [0.15, 0.2) is 48.6 Å². The van der Waals surface area contributed by atoms with Crippen LogP contribution in [0.2, 0.25) is 0 Å². The van der Waals surface area contributed by atoms with Gasteiger partial charge in [0.1, 0.15) is 18.2 Å². The number of benzene rings is 2. The van der Waals surface area contributed by atoms with E-state index in [9.17, 15) is 10.1 Å². The molecule has 0 aliphatic heterocycles. The van der Waals surface area contributed by atoms with E-state index >= 15 is 0 Å². The van der Waals surface area contributed by atoms with Crippen molar-refractivity contribution < 1.29 is 14.3 Å². The van der Waals surface area contributed by atoms with E-state index in [0.29, 0.717) is 36.0 Å². The number of ether oxygens (including phenoxy) is 2. The number of anilines is 1. The zero-order valence-electron chi connectivity index (χ0n) is 16.7. The molecular weight excluding hydrogens is 479 g/mol. The van der Waals surface area contributed by atoms with Gasteiger partial charge in [0, 0.05) is 5.69 Å². The Morgan fingerprint density at radius 3 is 2.69 bits per heavy atom. The fourth-order valence-electron chi connectivity index (χ4n) is 2.59. The van der Waals surface area contributed by atoms with Crippen molar-refractivity contribution >= 4 is 40.3 Å². The number of carbonyl (C=O) groups excluding carboxylic acids is 1. The minimum atomic E-state index is -0.457. The van der Waals surface area contributed by atoms with Crippen LogP contribution in [0, 0.1) is 28.7 Å². The molecule has 0 aromatic heterocycles. The fourth-order valence-corrected chi connectivity index (χ4v) is 3.37. The summed E-state index contributed by atoms with van der Waals surface area (Å²) in [4.78, 5) is 12.6. The lowest BCUT2D eigenvalue weighted by Crippen LogP contribution is -2.14. The number of aryl methyl sites for hydroxylation is 2. The topological polar surface area (TPSA) is 71.3 Å². The predicted octanol–water partition coefficient (Wildman–Crippen LogP) is 5.42. The lowest BCUT2D eigenvalue weighted by molar-refractivity contribution is -0.112. The van der Waals surface area contributed by atoms with E-state index in [1.54, 1.807) is 18.2 Å². The van der Waals surface area contributed by atoms with Gasteiger partial charge in [-0.15, -0.1) is 0 Å². The molecule has 1 N–H and O–H groups in total. The van der Waals surface area contributed by atoms with Crippen LogP contribution in [0.3, 0.4) is 0 Å². The van der Waals surface area contributed by atoms with E-state index < -0.39 is 5.91 Å². The van der Waals surface area contributed by atoms with E-state index in [2.05, 4.69) is 34.5 Å². The molecule has 0 radical (unpaired) electrons. The molecule has 5 nitrogen and oxygen atoms in total. The molecule has 1 amide bonds. The van der Waals surface area contributed by atoms with Gasteiger partial charge in [0.05, 0.1) is 10.2 Å². The maximum Gasteiger partial charge on any atom is 0.266 e. The highest BCUT2D eigenvalue weighted by molar-refractivity contribution is 14.1. The van der Waals surface area contributed by atoms with E-state index in [1.807, 2.05) is 51.1 Å². The second-order valence-electron chi connectivity index (χ2n) is 6.30. The standard InChI is InChI=1S/C23H23IN2O3/c1-5-9-29-22-19(24)12-17(13-21(22)28-6-2)11-18(14-25)23(27)26-20-10-15(3)7-8-16(20)4/h5,7-8,10-13H,1,6,9H2,2-4H3,(H,26,27)/b18-11-. The van der Waals surface area contributed by atoms with Gasteiger partial charge in [-0.1, -0.05) is 24.8 Å². The average molecular weight is 502 g/mol. The summed E-state index contributed by atoms with van der Waals surface area (Å²) in [5, 5.41) is 12.3. The van der Waals surface area contributed by atoms with Gasteiger partial charge in [-0.2, -0.15) is 5.26 Å². The van der Waals surface area contributed by atoms with Crippen LogP contribution in [0.25, 0.3) is 6.08 Å². The molecule has 0 spiro atoms. The molecule has 150 valence electrons. The van der Waals surface area contributed by atoms with Gasteiger partial charge in [-0.3, -0.25) is 4.79 Å². The van der Waals surface area contributed by atoms with Crippen LogP contribution < -0.4 is 14.8 Å². The van der Waals surface area contributed by atoms with Crippen molar-refractivity contribution in [3.8, 4) is 17.6 Å². The number of nitriles is 1. The molecule has 0 aliphatic carbocycles. The second-order valence-corrected chi connectivity index (χ2v) is 7.47. The number of nitrogens with zero attached hydrogens (tertiary/aromatic N) is 1. The summed E-state index contributed by atoms with van der Waals surface area (Å²) < 4.78 is 12.2. The summed E-state index contributed by atoms with van der Waals surface area (Å²) in [5.74, 6) is 0.712. The molecule has 0 saturated heterocycles. The number of carbonyl (C=O) groups is 1. The minimum absolute atomic E-state index is 0.00362. The Bertz CT molecular complexity index is 990. The van der Waals surface area contributed by atoms with Crippen molar-refractivity contribution in [3.63, 3.8) is 0 Å². The number of halogens is 1. The molecule has 0 atom stereocenters. The number of hydrogen-bond acceptors (Lipinski definition) is 4. The SMILES string of the molecule is C=CCOc1c(I)cc(/C=C(/C#N)C(=O)Nc2cc(C)ccc2C)cc1OCC. The summed E-state index contributed by atoms with van der Waals surface area (Å²) in [6.07, 6.45) is 3.20. The molecule has 2 aromatic rings. The summed E-state index contributed by atoms with van der Waals surface area (Å²) in [7, 11) is 0. The summed E-state index contributed by atoms with van der Waals surface area (Å²) >= 11 is 2.14. The van der Waals surface area contributed by atoms with Crippen LogP contribution in [0.4, 0.5) is 5.69 Å². The van der Waals surface area contributed by atoms with Crippen LogP contribution in [0.1, 0.15) is 23.6 Å². The van der Waals surface area contributed by atoms with E-state index in [4.69, 9.17) is 9.47 Å². The third-order valence-electron chi connectivity index (χ3n) is 3.99. The van der Waals surface area contributed by atoms with Crippen molar-refractivity contribution in [3.05, 3.63) is 68.8 Å². The highest BCUT2D eigenvalue weighted by Crippen LogP contribution is 2.35. The minimum Gasteiger partial charge on any atom is -0.490 e.